The second-order valence-corrected chi connectivity index (χ2v) is 9.61. The average Bonchev–Trinajstić information content (AvgIpc) is 3.00. The first-order valence-corrected chi connectivity index (χ1v) is 11.5. The van der Waals surface area contributed by atoms with E-state index in [2.05, 4.69) is 35.2 Å². The molecule has 0 radical (unpaired) electrons. The zero-order valence-electron chi connectivity index (χ0n) is 17.2. The molecular formula is C22H21BrN2O4S2. The molecule has 0 spiro atoms. The summed E-state index contributed by atoms with van der Waals surface area (Å²) in [6, 6.07) is 12.2. The molecule has 1 saturated heterocycles. The quantitative estimate of drug-likeness (QED) is 0.407. The highest BCUT2D eigenvalue weighted by molar-refractivity contribution is 9.10. The molecule has 0 atom stereocenters. The molecule has 1 fully saturated rings. The number of hydrazine groups is 1. The number of halogens is 1. The first-order valence-electron chi connectivity index (χ1n) is 9.44. The maximum Gasteiger partial charge on any atom is 0.285 e. The molecule has 1 aliphatic rings. The number of hydrogen-bond donors (Lipinski definition) is 1. The summed E-state index contributed by atoms with van der Waals surface area (Å²) in [6.45, 7) is 4.78. The zero-order valence-corrected chi connectivity index (χ0v) is 20.4. The summed E-state index contributed by atoms with van der Waals surface area (Å²) >= 11 is 9.93. The lowest BCUT2D eigenvalue weighted by Crippen LogP contribution is -2.44. The van der Waals surface area contributed by atoms with Crippen LogP contribution in [0.4, 0.5) is 0 Å². The standard InChI is InChI=1S/C22H21BrN2O4S2/c1-13(2)12-29-18-9-4-14(10-17(18)23)11-19-21(27)25(22(30)31-19)24-20(26)15-5-7-16(28-3)8-6-15/h4-11,13H,12H2,1-3H3,(H,24,26)/b19-11+. The molecule has 1 aliphatic heterocycles. The minimum atomic E-state index is -0.436. The maximum atomic E-state index is 12.8. The molecule has 162 valence electrons. The molecule has 2 aromatic rings. The number of hydrogen-bond acceptors (Lipinski definition) is 6. The van der Waals surface area contributed by atoms with Crippen molar-refractivity contribution >= 4 is 62.1 Å². The van der Waals surface area contributed by atoms with Crippen molar-refractivity contribution in [2.75, 3.05) is 13.7 Å². The van der Waals surface area contributed by atoms with Crippen LogP contribution in [0.25, 0.3) is 6.08 Å². The van der Waals surface area contributed by atoms with Crippen LogP contribution >= 0.6 is 39.9 Å². The Morgan fingerprint density at radius 2 is 1.97 bits per heavy atom. The summed E-state index contributed by atoms with van der Waals surface area (Å²) in [6.07, 6.45) is 1.73. The van der Waals surface area contributed by atoms with Gasteiger partial charge in [0.05, 0.1) is 23.1 Å². The monoisotopic (exact) mass is 520 g/mol. The minimum absolute atomic E-state index is 0.258. The van der Waals surface area contributed by atoms with Gasteiger partial charge < -0.3 is 9.47 Å². The summed E-state index contributed by atoms with van der Waals surface area (Å²) in [5.41, 5.74) is 3.77. The van der Waals surface area contributed by atoms with Crippen LogP contribution < -0.4 is 14.9 Å². The van der Waals surface area contributed by atoms with Crippen molar-refractivity contribution in [1.29, 1.82) is 0 Å². The highest BCUT2D eigenvalue weighted by Crippen LogP contribution is 2.33. The summed E-state index contributed by atoms with van der Waals surface area (Å²) < 4.78 is 11.9. The molecule has 31 heavy (non-hydrogen) atoms. The van der Waals surface area contributed by atoms with Gasteiger partial charge in [-0.05, 0) is 82.1 Å². The number of thioether (sulfide) groups is 1. The van der Waals surface area contributed by atoms with E-state index in [1.54, 1.807) is 37.5 Å². The summed E-state index contributed by atoms with van der Waals surface area (Å²) in [7, 11) is 1.55. The first kappa shape index (κ1) is 23.3. The van der Waals surface area contributed by atoms with E-state index in [0.29, 0.717) is 28.7 Å². The van der Waals surface area contributed by atoms with Crippen molar-refractivity contribution in [3.05, 3.63) is 63.0 Å². The second-order valence-electron chi connectivity index (χ2n) is 7.08. The summed E-state index contributed by atoms with van der Waals surface area (Å²) in [5.74, 6) is 0.978. The lowest BCUT2D eigenvalue weighted by atomic mass is 10.2. The Morgan fingerprint density at radius 1 is 1.26 bits per heavy atom. The fraction of sp³-hybridized carbons (Fsp3) is 0.227. The number of rotatable bonds is 7. The van der Waals surface area contributed by atoms with Crippen LogP contribution in [0.2, 0.25) is 0 Å². The fourth-order valence-corrected chi connectivity index (χ4v) is 4.29. The molecule has 6 nitrogen and oxygen atoms in total. The van der Waals surface area contributed by atoms with Gasteiger partial charge in [0.25, 0.3) is 11.8 Å². The lowest BCUT2D eigenvalue weighted by molar-refractivity contribution is -0.123. The van der Waals surface area contributed by atoms with Gasteiger partial charge in [-0.3, -0.25) is 15.0 Å². The normalized spacial score (nSPS) is 15.0. The maximum absolute atomic E-state index is 12.8. The van der Waals surface area contributed by atoms with Crippen molar-refractivity contribution in [1.82, 2.24) is 10.4 Å². The number of benzene rings is 2. The number of amides is 2. The van der Waals surface area contributed by atoms with E-state index in [0.717, 1.165) is 32.6 Å². The molecule has 2 amide bonds. The predicted octanol–water partition coefficient (Wildman–Crippen LogP) is 5.04. The first-order chi connectivity index (χ1) is 14.8. The van der Waals surface area contributed by atoms with Crippen LogP contribution in [0.5, 0.6) is 11.5 Å². The number of carbonyl (C=O) groups is 2. The predicted molar refractivity (Wildman–Crippen MR) is 130 cm³/mol. The van der Waals surface area contributed by atoms with E-state index < -0.39 is 5.91 Å². The van der Waals surface area contributed by atoms with Gasteiger partial charge >= 0.3 is 0 Å². The van der Waals surface area contributed by atoms with Crippen molar-refractivity contribution in [2.24, 2.45) is 5.92 Å². The molecule has 0 aliphatic carbocycles. The van der Waals surface area contributed by atoms with Crippen LogP contribution in [0.15, 0.2) is 51.8 Å². The van der Waals surface area contributed by atoms with E-state index >= 15 is 0 Å². The molecule has 1 heterocycles. The zero-order chi connectivity index (χ0) is 22.5. The van der Waals surface area contributed by atoms with Gasteiger partial charge in [0, 0.05) is 5.56 Å². The van der Waals surface area contributed by atoms with Crippen LogP contribution in [-0.2, 0) is 4.79 Å². The SMILES string of the molecule is COc1ccc(C(=O)NN2C(=O)/C(=C\c3ccc(OCC(C)C)c(Br)c3)SC2=S)cc1. The van der Waals surface area contributed by atoms with Crippen LogP contribution in [0, 0.1) is 5.92 Å². The Balaban J connectivity index is 1.71. The van der Waals surface area contributed by atoms with E-state index in [-0.39, 0.29) is 10.2 Å². The topological polar surface area (TPSA) is 67.9 Å². The molecule has 3 rings (SSSR count). The largest absolute Gasteiger partial charge is 0.497 e. The number of ether oxygens (including phenoxy) is 2. The lowest BCUT2D eigenvalue weighted by Gasteiger charge is -2.15. The summed E-state index contributed by atoms with van der Waals surface area (Å²) in [4.78, 5) is 25.7. The Bertz CT molecular complexity index is 1040. The fourth-order valence-electron chi connectivity index (χ4n) is 2.60. The molecule has 2 aromatic carbocycles. The Labute approximate surface area is 199 Å². The van der Waals surface area contributed by atoms with E-state index in [1.807, 2.05) is 18.2 Å². The van der Waals surface area contributed by atoms with Gasteiger partial charge in [0.15, 0.2) is 4.32 Å². The molecule has 0 saturated carbocycles. The second kappa shape index (κ2) is 10.3. The third-order valence-corrected chi connectivity index (χ3v) is 6.11. The van der Waals surface area contributed by atoms with Crippen molar-refractivity contribution in [3.63, 3.8) is 0 Å². The Hall–Kier alpha value is -2.36. The minimum Gasteiger partial charge on any atom is -0.497 e. The third kappa shape index (κ3) is 5.87. The number of thiocarbonyl (C=S) groups is 1. The van der Waals surface area contributed by atoms with Gasteiger partial charge in [-0.2, -0.15) is 5.01 Å². The van der Waals surface area contributed by atoms with Crippen LogP contribution in [-0.4, -0.2) is 34.9 Å². The number of methoxy groups -OCH3 is 1. The van der Waals surface area contributed by atoms with E-state index in [4.69, 9.17) is 21.7 Å². The van der Waals surface area contributed by atoms with Gasteiger partial charge in [0.1, 0.15) is 11.5 Å². The molecule has 9 heteroatoms. The number of carbonyl (C=O) groups excluding carboxylic acids is 2. The highest BCUT2D eigenvalue weighted by Gasteiger charge is 2.33. The summed E-state index contributed by atoms with van der Waals surface area (Å²) in [5, 5.41) is 1.09. The molecular weight excluding hydrogens is 500 g/mol. The molecule has 1 N–H and O–H groups in total. The van der Waals surface area contributed by atoms with Crippen molar-refractivity contribution in [3.8, 4) is 11.5 Å². The molecule has 0 unspecified atom stereocenters. The Morgan fingerprint density at radius 3 is 2.58 bits per heavy atom. The van der Waals surface area contributed by atoms with Crippen LogP contribution in [0.1, 0.15) is 29.8 Å². The van der Waals surface area contributed by atoms with Gasteiger partial charge in [-0.25, -0.2) is 0 Å². The van der Waals surface area contributed by atoms with E-state index in [1.165, 1.54) is 0 Å². The van der Waals surface area contributed by atoms with Crippen molar-refractivity contribution in [2.45, 2.75) is 13.8 Å². The number of nitrogens with one attached hydrogen (secondary N) is 1. The van der Waals surface area contributed by atoms with Crippen molar-refractivity contribution < 1.29 is 19.1 Å². The molecule has 0 aromatic heterocycles. The van der Waals surface area contributed by atoms with Gasteiger partial charge in [-0.15, -0.1) is 0 Å². The molecule has 0 bridgehead atoms. The van der Waals surface area contributed by atoms with E-state index in [9.17, 15) is 9.59 Å². The third-order valence-electron chi connectivity index (χ3n) is 4.19. The average molecular weight is 521 g/mol. The smallest absolute Gasteiger partial charge is 0.285 e. The Kier molecular flexibility index (Phi) is 7.74. The van der Waals surface area contributed by atoms with Gasteiger partial charge in [-0.1, -0.05) is 31.7 Å². The van der Waals surface area contributed by atoms with Crippen LogP contribution in [0.3, 0.4) is 0 Å². The van der Waals surface area contributed by atoms with Gasteiger partial charge in [0.2, 0.25) is 0 Å². The number of nitrogens with zero attached hydrogens (tertiary/aromatic N) is 1. The highest BCUT2D eigenvalue weighted by atomic mass is 79.9.